The minimum atomic E-state index is -4.60. The lowest BCUT2D eigenvalue weighted by Crippen LogP contribution is -2.60. The van der Waals surface area contributed by atoms with Crippen LogP contribution in [-0.4, -0.2) is 106 Å². The van der Waals surface area contributed by atoms with Crippen molar-refractivity contribution in [2.45, 2.75) is 107 Å². The number of ether oxygens (including phenoxy) is 1. The van der Waals surface area contributed by atoms with Crippen LogP contribution in [0.15, 0.2) is 114 Å². The molecule has 4 aliphatic rings. The molecule has 75 heavy (non-hydrogen) atoms. The van der Waals surface area contributed by atoms with Crippen LogP contribution in [0.5, 0.6) is 11.5 Å². The van der Waals surface area contributed by atoms with Crippen molar-refractivity contribution in [2.24, 2.45) is 11.3 Å². The number of amides is 1. The number of nitro benzene ring substituents is 1. The van der Waals surface area contributed by atoms with Crippen molar-refractivity contribution < 1.29 is 37.9 Å². The van der Waals surface area contributed by atoms with Gasteiger partial charge in [-0.15, -0.1) is 0 Å². The van der Waals surface area contributed by atoms with Gasteiger partial charge in [-0.25, -0.2) is 22.9 Å². The number of carbonyl (C=O) groups excluding carboxylic acids is 1. The zero-order valence-electron chi connectivity index (χ0n) is 42.7. The molecule has 394 valence electrons. The summed E-state index contributed by atoms with van der Waals surface area (Å²) in [5, 5.41) is 35.9. The molecule has 4 fully saturated rings. The maximum absolute atomic E-state index is 14.1. The van der Waals surface area contributed by atoms with E-state index in [2.05, 4.69) is 72.8 Å². The fourth-order valence-electron chi connectivity index (χ4n) is 11.9. The first-order valence-corrected chi connectivity index (χ1v) is 27.6. The van der Waals surface area contributed by atoms with Crippen molar-refractivity contribution in [3.8, 4) is 11.5 Å². The van der Waals surface area contributed by atoms with Crippen LogP contribution in [0.1, 0.15) is 122 Å². The number of hydrogen-bond acceptors (Lipinski definition) is 13. The number of carboxylic acid groups (broad SMARTS) is 1. The van der Waals surface area contributed by atoms with Crippen molar-refractivity contribution in [1.82, 2.24) is 24.5 Å². The molecule has 4 heterocycles. The van der Waals surface area contributed by atoms with Crippen molar-refractivity contribution >= 4 is 50.0 Å². The second-order valence-electron chi connectivity index (χ2n) is 21.9. The number of rotatable bonds is 16. The van der Waals surface area contributed by atoms with Gasteiger partial charge in [0.05, 0.1) is 32.7 Å². The number of pyridine rings is 1. The number of piperazine rings is 1. The van der Waals surface area contributed by atoms with Gasteiger partial charge < -0.3 is 30.2 Å². The normalized spacial score (nSPS) is 21.5. The molecule has 0 radical (unpaired) electrons. The number of aromatic nitrogens is 2. The number of carbonyl (C=O) groups is 2. The van der Waals surface area contributed by atoms with E-state index in [9.17, 15) is 38.3 Å². The minimum absolute atomic E-state index is 0.0455. The van der Waals surface area contributed by atoms with Gasteiger partial charge in [-0.2, -0.15) is 0 Å². The average molecular weight is 1040 g/mol. The molecule has 2 saturated carbocycles. The Bertz CT molecular complexity index is 3190. The van der Waals surface area contributed by atoms with Crippen LogP contribution in [-0.2, 0) is 16.6 Å². The number of sulfonamides is 1. The molecule has 1 spiro atoms. The number of anilines is 2. The summed E-state index contributed by atoms with van der Waals surface area (Å²) in [6.07, 6.45) is 10.2. The van der Waals surface area contributed by atoms with E-state index in [1.165, 1.54) is 29.5 Å². The Morgan fingerprint density at radius 2 is 1.68 bits per heavy atom. The van der Waals surface area contributed by atoms with E-state index in [0.29, 0.717) is 42.7 Å². The summed E-state index contributed by atoms with van der Waals surface area (Å²) in [5.41, 5.74) is 4.75. The Labute approximate surface area is 437 Å². The molecule has 5 N–H and O–H groups in total. The highest BCUT2D eigenvalue weighted by atomic mass is 32.2. The zero-order chi connectivity index (χ0) is 52.6. The first-order valence-electron chi connectivity index (χ1n) is 26.1. The molecule has 1 atom stereocenters. The van der Waals surface area contributed by atoms with Crippen molar-refractivity contribution in [3.05, 3.63) is 147 Å². The van der Waals surface area contributed by atoms with Gasteiger partial charge in [-0.3, -0.25) is 24.7 Å². The van der Waals surface area contributed by atoms with Gasteiger partial charge >= 0.3 is 5.97 Å². The largest absolute Gasteiger partial charge is 0.478 e. The van der Waals surface area contributed by atoms with Crippen LogP contribution >= 0.6 is 0 Å². The van der Waals surface area contributed by atoms with Gasteiger partial charge in [0.25, 0.3) is 21.6 Å². The summed E-state index contributed by atoms with van der Waals surface area (Å²) < 4.78 is 36.2. The highest BCUT2D eigenvalue weighted by molar-refractivity contribution is 7.90. The Morgan fingerprint density at radius 3 is 2.40 bits per heavy atom. The lowest BCUT2D eigenvalue weighted by Gasteiger charge is -2.58. The highest BCUT2D eigenvalue weighted by Gasteiger charge is 2.50. The van der Waals surface area contributed by atoms with E-state index in [1.807, 2.05) is 25.1 Å². The molecule has 0 bridgehead atoms. The van der Waals surface area contributed by atoms with E-state index in [0.717, 1.165) is 100 Å². The lowest BCUT2D eigenvalue weighted by atomic mass is 9.59. The van der Waals surface area contributed by atoms with Crippen LogP contribution in [0.25, 0.3) is 11.0 Å². The molecule has 10 rings (SSSR count). The van der Waals surface area contributed by atoms with Gasteiger partial charge in [-0.1, -0.05) is 50.2 Å². The molecule has 6 aromatic rings. The molecule has 2 aliphatic carbocycles. The monoisotopic (exact) mass is 1040 g/mol. The second kappa shape index (κ2) is 21.0. The fourth-order valence-corrected chi connectivity index (χ4v) is 12.9. The second-order valence-corrected chi connectivity index (χ2v) is 23.6. The molecular weight excluding hydrogens is 973 g/mol. The third-order valence-corrected chi connectivity index (χ3v) is 17.7. The molecule has 2 aromatic heterocycles. The summed E-state index contributed by atoms with van der Waals surface area (Å²) >= 11 is 0. The summed E-state index contributed by atoms with van der Waals surface area (Å²) in [4.78, 5) is 51.8. The Hall–Kier alpha value is -6.86. The van der Waals surface area contributed by atoms with Gasteiger partial charge in [0.1, 0.15) is 22.8 Å². The van der Waals surface area contributed by atoms with Crippen LogP contribution in [0, 0.1) is 21.4 Å². The topological polar surface area (TPSA) is 224 Å². The Morgan fingerprint density at radius 1 is 0.933 bits per heavy atom. The third kappa shape index (κ3) is 11.4. The number of nitrogens with one attached hydrogen (secondary N) is 3. The first-order chi connectivity index (χ1) is 35.9. The molecule has 1 amide bonds. The number of hydrogen-bond donors (Lipinski definition) is 5. The number of H-pyrrole nitrogens is 1. The fraction of sp³-hybridized carbons (Fsp3) is 0.421. The zero-order valence-corrected chi connectivity index (χ0v) is 43.5. The number of aromatic amines is 1. The molecule has 2 saturated heterocycles. The molecular formula is C57H66N8O9S. The van der Waals surface area contributed by atoms with Crippen LogP contribution < -0.4 is 19.7 Å². The van der Waals surface area contributed by atoms with Crippen LogP contribution in [0.2, 0.25) is 0 Å². The molecule has 1 unspecified atom stereocenters. The summed E-state index contributed by atoms with van der Waals surface area (Å²) in [5.74, 6) is -0.857. The maximum Gasteiger partial charge on any atom is 0.335 e. The molecule has 17 nitrogen and oxygen atoms in total. The van der Waals surface area contributed by atoms with Crippen LogP contribution in [0.3, 0.4) is 0 Å². The predicted molar refractivity (Wildman–Crippen MR) is 287 cm³/mol. The van der Waals surface area contributed by atoms with Gasteiger partial charge in [0.15, 0.2) is 0 Å². The smallest absolute Gasteiger partial charge is 0.335 e. The molecule has 4 aromatic carbocycles. The summed E-state index contributed by atoms with van der Waals surface area (Å²) in [7, 11) is -4.60. The van der Waals surface area contributed by atoms with E-state index in [1.54, 1.807) is 42.6 Å². The number of carboxylic acids is 1. The number of piperidine rings is 1. The first kappa shape index (κ1) is 51.6. The number of benzene rings is 4. The van der Waals surface area contributed by atoms with E-state index in [4.69, 9.17) is 4.74 Å². The average Bonchev–Trinajstić information content (AvgIpc) is 3.86. The van der Waals surface area contributed by atoms with E-state index >= 15 is 0 Å². The molecule has 2 aliphatic heterocycles. The number of fused-ring (bicyclic) bond motifs is 1. The summed E-state index contributed by atoms with van der Waals surface area (Å²) in [6.45, 7) is 11.8. The quantitative estimate of drug-likeness (QED) is 0.0450. The molecule has 18 heteroatoms. The van der Waals surface area contributed by atoms with E-state index in [-0.39, 0.29) is 39.9 Å². The van der Waals surface area contributed by atoms with Crippen LogP contribution in [0.4, 0.5) is 17.1 Å². The number of aliphatic hydroxyl groups is 1. The van der Waals surface area contributed by atoms with Gasteiger partial charge in [-0.05, 0) is 141 Å². The Balaban J connectivity index is 0.829. The van der Waals surface area contributed by atoms with Gasteiger partial charge in [0, 0.05) is 87.3 Å². The predicted octanol–water partition coefficient (Wildman–Crippen LogP) is 9.86. The Kier molecular flexibility index (Phi) is 14.5. The lowest BCUT2D eigenvalue weighted by molar-refractivity contribution is -0.384. The minimum Gasteiger partial charge on any atom is -0.478 e. The van der Waals surface area contributed by atoms with Gasteiger partial charge in [0.2, 0.25) is 0 Å². The van der Waals surface area contributed by atoms with Crippen molar-refractivity contribution in [1.29, 1.82) is 0 Å². The highest BCUT2D eigenvalue weighted by Crippen LogP contribution is 2.53. The standard InChI is InChI=1S/C57H66N8O9S/c1-37(2)46-6-4-5-7-47(46)51-36-62(35-39-8-10-40(11-9-39)55(67)68)26-27-64(51)43-31-57(32-43)21-24-63(25-22-57)42-12-14-48(52(29-42)74-44-28-41-18-23-58-53(41)60-34-44)54(66)61-75(72,73)45-13-15-49(50(30-45)65(70)71)59-33-38-16-19-56(3,69)20-17-38/h4-15,18,23,28-30,34,37-38,43,51,59,69H,16-17,19-22,24-27,31-33,35-36H2,1-3H3,(H,58,60)(H,61,66)(H,67,68)/t38-,51?,56-. The summed E-state index contributed by atoms with van der Waals surface area (Å²) in [6, 6.07) is 29.0. The van der Waals surface area contributed by atoms with Crippen molar-refractivity contribution in [3.63, 3.8) is 0 Å². The SMILES string of the molecule is CC(C)c1ccccc1C1CN(Cc2ccc(C(=O)O)cc2)CCN1C1CC2(CCN(c3ccc(C(=O)NS(=O)(=O)c4ccc(NC[C@H]5CC[C@](C)(O)CC5)c([N+](=O)[O-])c4)c(Oc4cnc5[nH]ccc5c4)c3)CC2)C1. The number of aromatic carboxylic acids is 1. The maximum atomic E-state index is 14.1. The third-order valence-electron chi connectivity index (χ3n) is 16.4. The van der Waals surface area contributed by atoms with E-state index < -0.39 is 43.0 Å². The number of nitro groups is 1. The number of nitrogens with zero attached hydrogens (tertiary/aromatic N) is 5. The van der Waals surface area contributed by atoms with Crippen molar-refractivity contribution in [2.75, 3.05) is 49.5 Å².